The van der Waals surface area contributed by atoms with Crippen molar-refractivity contribution in [2.24, 2.45) is 0 Å². The fourth-order valence-electron chi connectivity index (χ4n) is 1.03. The first kappa shape index (κ1) is 9.20. The van der Waals surface area contributed by atoms with Crippen molar-refractivity contribution in [3.05, 3.63) is 23.3 Å². The molecule has 0 spiro atoms. The fraction of sp³-hybridized carbons (Fsp3) is 0. The molecule has 0 atom stereocenters. The molecule has 0 aliphatic heterocycles. The minimum atomic E-state index is -1.87. The van der Waals surface area contributed by atoms with E-state index in [-0.39, 0.29) is 5.13 Å². The number of nitrogen functional groups attached to an aromatic ring is 1. The summed E-state index contributed by atoms with van der Waals surface area (Å²) in [7, 11) is 0. The number of hydrogen-bond acceptors (Lipinski definition) is 3. The third-order valence-corrected chi connectivity index (χ3v) is 2.51. The second-order valence-corrected chi connectivity index (χ2v) is 3.52. The van der Waals surface area contributed by atoms with Crippen LogP contribution < -0.4 is 5.73 Å². The molecule has 0 radical (unpaired) electrons. The molecule has 0 amide bonds. The van der Waals surface area contributed by atoms with Gasteiger partial charge in [-0.1, -0.05) is 11.3 Å². The third kappa shape index (κ3) is 1.05. The minimum Gasteiger partial charge on any atom is -0.375 e. The van der Waals surface area contributed by atoms with Crippen molar-refractivity contribution < 1.29 is 17.6 Å². The zero-order valence-corrected chi connectivity index (χ0v) is 7.26. The van der Waals surface area contributed by atoms with Gasteiger partial charge < -0.3 is 5.73 Å². The van der Waals surface area contributed by atoms with Crippen molar-refractivity contribution in [1.82, 2.24) is 4.98 Å². The largest absolute Gasteiger partial charge is 0.375 e. The molecule has 2 nitrogen and oxygen atoms in total. The van der Waals surface area contributed by atoms with Crippen LogP contribution in [0, 0.1) is 23.3 Å². The quantitative estimate of drug-likeness (QED) is 0.422. The first-order valence-electron chi connectivity index (χ1n) is 3.40. The van der Waals surface area contributed by atoms with Crippen LogP contribution in [0.25, 0.3) is 10.2 Å². The Balaban J connectivity index is 3.01. The van der Waals surface area contributed by atoms with Crippen molar-refractivity contribution in [1.29, 1.82) is 0 Å². The van der Waals surface area contributed by atoms with E-state index in [9.17, 15) is 17.6 Å². The van der Waals surface area contributed by atoms with Gasteiger partial charge in [-0.15, -0.1) is 0 Å². The molecular weight excluding hydrogens is 220 g/mol. The average molecular weight is 222 g/mol. The summed E-state index contributed by atoms with van der Waals surface area (Å²) in [5.74, 6) is -6.71. The summed E-state index contributed by atoms with van der Waals surface area (Å²) in [6, 6.07) is 0. The summed E-state index contributed by atoms with van der Waals surface area (Å²) in [6.45, 7) is 0. The lowest BCUT2D eigenvalue weighted by Crippen LogP contribution is -1.96. The van der Waals surface area contributed by atoms with Gasteiger partial charge in [0.05, 0.1) is 4.70 Å². The van der Waals surface area contributed by atoms with E-state index in [1.807, 2.05) is 0 Å². The van der Waals surface area contributed by atoms with Gasteiger partial charge in [0.25, 0.3) is 0 Å². The van der Waals surface area contributed by atoms with Gasteiger partial charge in [-0.25, -0.2) is 22.5 Å². The number of nitrogens with two attached hydrogens (primary N) is 1. The topological polar surface area (TPSA) is 38.9 Å². The lowest BCUT2D eigenvalue weighted by molar-refractivity contribution is 0.418. The molecule has 14 heavy (non-hydrogen) atoms. The molecule has 2 N–H and O–H groups in total. The van der Waals surface area contributed by atoms with Crippen LogP contribution >= 0.6 is 11.3 Å². The lowest BCUT2D eigenvalue weighted by atomic mass is 10.3. The van der Waals surface area contributed by atoms with Crippen LogP contribution in [0.15, 0.2) is 0 Å². The number of benzene rings is 1. The highest BCUT2D eigenvalue weighted by molar-refractivity contribution is 7.22. The standard InChI is InChI=1S/C7H2F4N2S/c8-1-2(9)4(11)6-5(3(1)10)13-7(12)14-6/h(H2,12,13). The highest BCUT2D eigenvalue weighted by Gasteiger charge is 2.23. The summed E-state index contributed by atoms with van der Waals surface area (Å²) in [6.07, 6.45) is 0. The zero-order valence-electron chi connectivity index (χ0n) is 6.44. The van der Waals surface area contributed by atoms with Gasteiger partial charge in [-0.05, 0) is 0 Å². The molecule has 0 saturated heterocycles. The van der Waals surface area contributed by atoms with Gasteiger partial charge in [-0.2, -0.15) is 0 Å². The van der Waals surface area contributed by atoms with E-state index in [0.29, 0.717) is 11.3 Å². The van der Waals surface area contributed by atoms with E-state index in [1.54, 1.807) is 0 Å². The van der Waals surface area contributed by atoms with Gasteiger partial charge in [-0.3, -0.25) is 0 Å². The molecule has 0 aliphatic carbocycles. The maximum Gasteiger partial charge on any atom is 0.199 e. The van der Waals surface area contributed by atoms with Gasteiger partial charge in [0.1, 0.15) is 5.52 Å². The average Bonchev–Trinajstić information content (AvgIpc) is 2.54. The lowest BCUT2D eigenvalue weighted by Gasteiger charge is -1.97. The predicted octanol–water partition coefficient (Wildman–Crippen LogP) is 2.43. The minimum absolute atomic E-state index is 0.150. The summed E-state index contributed by atoms with van der Waals surface area (Å²) >= 11 is 0.561. The number of rotatable bonds is 0. The van der Waals surface area contributed by atoms with Crippen molar-refractivity contribution in [2.45, 2.75) is 0 Å². The zero-order chi connectivity index (χ0) is 10.5. The van der Waals surface area contributed by atoms with Crippen molar-refractivity contribution in [3.63, 3.8) is 0 Å². The Kier molecular flexibility index (Phi) is 1.84. The van der Waals surface area contributed by atoms with Crippen LogP contribution in [0.4, 0.5) is 22.7 Å². The molecule has 2 aromatic rings. The van der Waals surface area contributed by atoms with E-state index >= 15 is 0 Å². The van der Waals surface area contributed by atoms with E-state index in [1.165, 1.54) is 0 Å². The highest BCUT2D eigenvalue weighted by Crippen LogP contribution is 2.31. The van der Waals surface area contributed by atoms with Crippen LogP contribution in [0.2, 0.25) is 0 Å². The molecule has 0 aliphatic rings. The Morgan fingerprint density at radius 2 is 1.50 bits per heavy atom. The van der Waals surface area contributed by atoms with Gasteiger partial charge in [0.2, 0.25) is 0 Å². The molecule has 0 bridgehead atoms. The second-order valence-electron chi connectivity index (χ2n) is 2.49. The Morgan fingerprint density at radius 1 is 0.929 bits per heavy atom. The molecular formula is C7H2F4N2S. The summed E-state index contributed by atoms with van der Waals surface area (Å²) in [5, 5.41) is -0.150. The number of hydrogen-bond donors (Lipinski definition) is 1. The van der Waals surface area contributed by atoms with Crippen LogP contribution in [0.3, 0.4) is 0 Å². The van der Waals surface area contributed by atoms with Crippen LogP contribution in [-0.2, 0) is 0 Å². The third-order valence-electron chi connectivity index (χ3n) is 1.63. The van der Waals surface area contributed by atoms with Gasteiger partial charge in [0, 0.05) is 0 Å². The smallest absolute Gasteiger partial charge is 0.199 e. The van der Waals surface area contributed by atoms with E-state index in [4.69, 9.17) is 5.73 Å². The van der Waals surface area contributed by atoms with E-state index in [0.717, 1.165) is 0 Å². The van der Waals surface area contributed by atoms with Crippen molar-refractivity contribution in [2.75, 3.05) is 5.73 Å². The number of halogens is 4. The molecule has 0 fully saturated rings. The SMILES string of the molecule is Nc1nc2c(F)c(F)c(F)c(F)c2s1. The summed E-state index contributed by atoms with van der Waals surface area (Å²) in [5.41, 5.74) is 4.58. The maximum atomic E-state index is 13.0. The highest BCUT2D eigenvalue weighted by atomic mass is 32.1. The van der Waals surface area contributed by atoms with Gasteiger partial charge in [0.15, 0.2) is 28.4 Å². The second kappa shape index (κ2) is 2.81. The fourth-order valence-corrected chi connectivity index (χ4v) is 1.79. The number of aromatic nitrogens is 1. The molecule has 0 unspecified atom stereocenters. The van der Waals surface area contributed by atoms with E-state index in [2.05, 4.69) is 4.98 Å². The van der Waals surface area contributed by atoms with Gasteiger partial charge >= 0.3 is 0 Å². The number of thiazole rings is 1. The molecule has 7 heteroatoms. The Morgan fingerprint density at radius 3 is 2.14 bits per heavy atom. The Labute approximate surface area is 79.0 Å². The molecule has 0 saturated carbocycles. The first-order chi connectivity index (χ1) is 6.52. The molecule has 2 rings (SSSR count). The number of anilines is 1. The Hall–Kier alpha value is -1.37. The molecule has 74 valence electrons. The summed E-state index contributed by atoms with van der Waals surface area (Å²) in [4.78, 5) is 3.35. The molecule has 1 heterocycles. The maximum absolute atomic E-state index is 13.0. The van der Waals surface area contributed by atoms with E-state index < -0.39 is 33.5 Å². The number of fused-ring (bicyclic) bond motifs is 1. The monoisotopic (exact) mass is 222 g/mol. The number of nitrogens with zero attached hydrogens (tertiary/aromatic N) is 1. The van der Waals surface area contributed by atoms with Crippen molar-refractivity contribution in [3.8, 4) is 0 Å². The molecule has 1 aromatic carbocycles. The van der Waals surface area contributed by atoms with Crippen LogP contribution in [0.5, 0.6) is 0 Å². The Bertz CT molecular complexity index is 477. The first-order valence-corrected chi connectivity index (χ1v) is 4.22. The predicted molar refractivity (Wildman–Crippen MR) is 43.9 cm³/mol. The van der Waals surface area contributed by atoms with Crippen LogP contribution in [-0.4, -0.2) is 4.98 Å². The van der Waals surface area contributed by atoms with Crippen LogP contribution in [0.1, 0.15) is 0 Å². The summed E-state index contributed by atoms with van der Waals surface area (Å²) < 4.78 is 50.9. The normalized spacial score (nSPS) is 11.1. The molecule has 1 aromatic heterocycles. The van der Waals surface area contributed by atoms with Crippen molar-refractivity contribution >= 4 is 26.7 Å².